The van der Waals surface area contributed by atoms with Crippen molar-refractivity contribution < 1.29 is 27.1 Å². The highest BCUT2D eigenvalue weighted by Crippen LogP contribution is 2.39. The molecule has 4 atom stereocenters. The van der Waals surface area contributed by atoms with Gasteiger partial charge in [-0.3, -0.25) is 9.10 Å². The van der Waals surface area contributed by atoms with Crippen molar-refractivity contribution in [2.75, 3.05) is 69.2 Å². The predicted molar refractivity (Wildman–Crippen MR) is 155 cm³/mol. The van der Waals surface area contributed by atoms with Gasteiger partial charge >= 0.3 is 0 Å². The Labute approximate surface area is 237 Å². The number of nitrogens with two attached hydrogens (primary N) is 1. The Morgan fingerprint density at radius 1 is 1.15 bits per heavy atom. The molecule has 0 bridgehead atoms. The number of ether oxygens (including phenoxy) is 2. The largest absolute Gasteiger partial charge is 0.383 e. The molecule has 3 N–H and O–H groups in total. The third-order valence-electron chi connectivity index (χ3n) is 7.15. The zero-order chi connectivity index (χ0) is 29.3. The van der Waals surface area contributed by atoms with Gasteiger partial charge in [0.2, 0.25) is 10.0 Å². The molecule has 222 valence electrons. The van der Waals surface area contributed by atoms with Crippen LogP contribution in [0.2, 0.25) is 0 Å². The molecule has 3 unspecified atom stereocenters. The van der Waals surface area contributed by atoms with Crippen molar-refractivity contribution in [3.63, 3.8) is 0 Å². The molecule has 0 radical (unpaired) electrons. The molecule has 3 rings (SSSR count). The van der Waals surface area contributed by atoms with Crippen LogP contribution >= 0.6 is 0 Å². The number of anilines is 2. The standard InChI is InChI=1S/C28H42FN5O5S/c1-20-14-23(20)19-33(10-12-38-2)26-16-22(17-27(32-26)34(11-13-39-3)40(4,36)37)28(35)31-25(24(30)18-29)15-21-8-6-5-7-9-21/h5-9,16-17,20,23-25H,10-15,18-19,30H2,1-4H3,(H,31,35)/t20?,23?,24?,25-/m0/s1. The van der Waals surface area contributed by atoms with Crippen molar-refractivity contribution in [1.29, 1.82) is 0 Å². The summed E-state index contributed by atoms with van der Waals surface area (Å²) >= 11 is 0. The first-order chi connectivity index (χ1) is 19.1. The number of pyridine rings is 1. The number of benzene rings is 1. The minimum atomic E-state index is -3.75. The summed E-state index contributed by atoms with van der Waals surface area (Å²) < 4.78 is 50.7. The fourth-order valence-corrected chi connectivity index (χ4v) is 5.36. The van der Waals surface area contributed by atoms with Crippen LogP contribution < -0.4 is 20.3 Å². The molecule has 1 heterocycles. The Bertz CT molecular complexity index is 1200. The second kappa shape index (κ2) is 14.7. The number of hydrogen-bond acceptors (Lipinski definition) is 8. The monoisotopic (exact) mass is 579 g/mol. The summed E-state index contributed by atoms with van der Waals surface area (Å²) in [5.41, 5.74) is 7.16. The van der Waals surface area contributed by atoms with Gasteiger partial charge in [0.25, 0.3) is 5.91 Å². The highest BCUT2D eigenvalue weighted by atomic mass is 32.2. The number of carbonyl (C=O) groups is 1. The number of alkyl halides is 1. The Kier molecular flexibility index (Phi) is 11.7. The van der Waals surface area contributed by atoms with Crippen LogP contribution in [0.15, 0.2) is 42.5 Å². The van der Waals surface area contributed by atoms with Crippen molar-refractivity contribution in [2.24, 2.45) is 17.6 Å². The minimum absolute atomic E-state index is 0.0218. The zero-order valence-corrected chi connectivity index (χ0v) is 24.6. The molecule has 1 aromatic heterocycles. The lowest BCUT2D eigenvalue weighted by Crippen LogP contribution is -2.50. The lowest BCUT2D eigenvalue weighted by Gasteiger charge is -2.28. The number of halogens is 1. The van der Waals surface area contributed by atoms with Crippen LogP contribution in [0, 0.1) is 11.8 Å². The normalized spacial score (nSPS) is 18.1. The predicted octanol–water partition coefficient (Wildman–Crippen LogP) is 2.24. The Morgan fingerprint density at radius 3 is 2.35 bits per heavy atom. The molecule has 0 aliphatic heterocycles. The van der Waals surface area contributed by atoms with Crippen molar-refractivity contribution in [2.45, 2.75) is 31.8 Å². The van der Waals surface area contributed by atoms with Crippen LogP contribution in [0.25, 0.3) is 0 Å². The lowest BCUT2D eigenvalue weighted by atomic mass is 10.00. The molecule has 1 amide bonds. The Hall–Kier alpha value is -2.80. The van der Waals surface area contributed by atoms with Gasteiger partial charge in [-0.25, -0.2) is 17.8 Å². The lowest BCUT2D eigenvalue weighted by molar-refractivity contribution is 0.0928. The Balaban J connectivity index is 2.01. The third-order valence-corrected chi connectivity index (χ3v) is 8.32. The van der Waals surface area contributed by atoms with E-state index in [0.717, 1.165) is 22.5 Å². The van der Waals surface area contributed by atoms with Crippen molar-refractivity contribution in [3.8, 4) is 0 Å². The number of nitrogens with one attached hydrogen (secondary N) is 1. The molecule has 1 fully saturated rings. The number of sulfonamides is 1. The van der Waals surface area contributed by atoms with Gasteiger partial charge in [0.05, 0.1) is 38.1 Å². The van der Waals surface area contributed by atoms with Crippen LogP contribution in [0.5, 0.6) is 0 Å². The third kappa shape index (κ3) is 9.12. The van der Waals surface area contributed by atoms with E-state index in [-0.39, 0.29) is 24.5 Å². The smallest absolute Gasteiger partial charge is 0.251 e. The SMILES string of the molecule is COCCN(CC1CC1C)c1cc(C(=O)N[C@@H](Cc2ccccc2)C(N)CF)cc(N(CCOC)S(C)(=O)=O)n1. The molecule has 40 heavy (non-hydrogen) atoms. The van der Waals surface area contributed by atoms with Gasteiger partial charge in [0.15, 0.2) is 0 Å². The van der Waals surface area contributed by atoms with Gasteiger partial charge in [-0.2, -0.15) is 0 Å². The zero-order valence-electron chi connectivity index (χ0n) is 23.8. The maximum atomic E-state index is 13.7. The number of methoxy groups -OCH3 is 2. The summed E-state index contributed by atoms with van der Waals surface area (Å²) in [6, 6.07) is 10.9. The topological polar surface area (TPSA) is 127 Å². The quantitative estimate of drug-likeness (QED) is 0.292. The summed E-state index contributed by atoms with van der Waals surface area (Å²) in [6.45, 7) is 3.16. The molecule has 0 saturated heterocycles. The number of rotatable bonds is 17. The number of amides is 1. The molecule has 10 nitrogen and oxygen atoms in total. The summed E-state index contributed by atoms with van der Waals surface area (Å²) in [4.78, 5) is 20.3. The van der Waals surface area contributed by atoms with Gasteiger partial charge in [0.1, 0.15) is 18.3 Å². The maximum absolute atomic E-state index is 13.7. The molecular formula is C28H42FN5O5S. The minimum Gasteiger partial charge on any atom is -0.383 e. The van der Waals surface area contributed by atoms with E-state index in [9.17, 15) is 17.6 Å². The number of hydrogen-bond donors (Lipinski definition) is 2. The molecule has 12 heteroatoms. The molecule has 1 aliphatic carbocycles. The molecule has 1 aromatic carbocycles. The first-order valence-corrected chi connectivity index (χ1v) is 15.3. The van der Waals surface area contributed by atoms with E-state index in [1.165, 1.54) is 13.2 Å². The van der Waals surface area contributed by atoms with Crippen LogP contribution in [0.1, 0.15) is 29.3 Å². The summed E-state index contributed by atoms with van der Waals surface area (Å²) in [5.74, 6) is 1.10. The van der Waals surface area contributed by atoms with Crippen LogP contribution in [0.4, 0.5) is 16.0 Å². The average Bonchev–Trinajstić information content (AvgIpc) is 3.63. The summed E-state index contributed by atoms with van der Waals surface area (Å²) in [7, 11) is -0.658. The van der Waals surface area contributed by atoms with Gasteiger partial charge in [-0.1, -0.05) is 37.3 Å². The maximum Gasteiger partial charge on any atom is 0.251 e. The van der Waals surface area contributed by atoms with E-state index in [1.54, 1.807) is 13.2 Å². The van der Waals surface area contributed by atoms with Gasteiger partial charge in [-0.15, -0.1) is 0 Å². The van der Waals surface area contributed by atoms with Crippen molar-refractivity contribution in [3.05, 3.63) is 53.6 Å². The summed E-state index contributed by atoms with van der Waals surface area (Å²) in [6.07, 6.45) is 2.51. The highest BCUT2D eigenvalue weighted by Gasteiger charge is 2.35. The first kappa shape index (κ1) is 31.7. The van der Waals surface area contributed by atoms with E-state index in [4.69, 9.17) is 15.2 Å². The van der Waals surface area contributed by atoms with Gasteiger partial charge in [0, 0.05) is 32.9 Å². The first-order valence-electron chi connectivity index (χ1n) is 13.5. The van der Waals surface area contributed by atoms with E-state index in [0.29, 0.717) is 43.8 Å². The highest BCUT2D eigenvalue weighted by molar-refractivity contribution is 7.92. The van der Waals surface area contributed by atoms with Crippen LogP contribution in [0.3, 0.4) is 0 Å². The molecular weight excluding hydrogens is 537 g/mol. The van der Waals surface area contributed by atoms with Gasteiger partial charge in [-0.05, 0) is 42.4 Å². The second-order valence-corrected chi connectivity index (χ2v) is 12.3. The fourth-order valence-electron chi connectivity index (χ4n) is 4.52. The van der Waals surface area contributed by atoms with Crippen molar-refractivity contribution in [1.82, 2.24) is 10.3 Å². The fraction of sp³-hybridized carbons (Fsp3) is 0.571. The van der Waals surface area contributed by atoms with E-state index in [1.807, 2.05) is 35.2 Å². The Morgan fingerprint density at radius 2 is 1.77 bits per heavy atom. The van der Waals surface area contributed by atoms with E-state index < -0.39 is 34.7 Å². The van der Waals surface area contributed by atoms with Crippen LogP contribution in [-0.4, -0.2) is 91.4 Å². The van der Waals surface area contributed by atoms with E-state index in [2.05, 4.69) is 17.2 Å². The molecule has 1 saturated carbocycles. The number of carbonyl (C=O) groups excluding carboxylic acids is 1. The second-order valence-electron chi connectivity index (χ2n) is 10.4. The van der Waals surface area contributed by atoms with Gasteiger partial charge < -0.3 is 25.4 Å². The van der Waals surface area contributed by atoms with Crippen LogP contribution in [-0.2, 0) is 25.9 Å². The van der Waals surface area contributed by atoms with E-state index >= 15 is 0 Å². The molecule has 0 spiro atoms. The van der Waals surface area contributed by atoms with Crippen molar-refractivity contribution >= 4 is 27.6 Å². The molecule has 2 aromatic rings. The average molecular weight is 580 g/mol. The number of nitrogens with zero attached hydrogens (tertiary/aromatic N) is 3. The molecule has 1 aliphatic rings. The summed E-state index contributed by atoms with van der Waals surface area (Å²) in [5, 5.41) is 2.88. The number of aromatic nitrogens is 1.